The minimum atomic E-state index is -1.97. The van der Waals surface area contributed by atoms with Crippen LogP contribution in [0, 0.1) is 11.8 Å². The summed E-state index contributed by atoms with van der Waals surface area (Å²) in [6, 6.07) is 0. The van der Waals surface area contributed by atoms with Gasteiger partial charge in [-0.05, 0) is 6.92 Å². The summed E-state index contributed by atoms with van der Waals surface area (Å²) < 4.78 is 26.8. The van der Waals surface area contributed by atoms with Crippen LogP contribution in [0.25, 0.3) is 0 Å². The van der Waals surface area contributed by atoms with Gasteiger partial charge < -0.3 is 58.8 Å². The fourth-order valence-electron chi connectivity index (χ4n) is 4.24. The molecular formula is C21H33O13S-. The van der Waals surface area contributed by atoms with Gasteiger partial charge in [0.25, 0.3) is 0 Å². The summed E-state index contributed by atoms with van der Waals surface area (Å²) in [4.78, 5) is 34.9. The lowest BCUT2D eigenvalue weighted by atomic mass is 9.77. The maximum absolute atomic E-state index is 11.9. The summed E-state index contributed by atoms with van der Waals surface area (Å²) in [7, 11) is 1.42. The zero-order valence-corrected chi connectivity index (χ0v) is 20.3. The van der Waals surface area contributed by atoms with Crippen molar-refractivity contribution in [2.75, 3.05) is 32.7 Å². The molecule has 2 fully saturated rings. The fraction of sp³-hybridized carbons (Fsp3) is 0.857. The number of carboxylic acids is 1. The predicted molar refractivity (Wildman–Crippen MR) is 116 cm³/mol. The molecule has 0 amide bonds. The highest BCUT2D eigenvalue weighted by molar-refractivity contribution is 7.80. The van der Waals surface area contributed by atoms with Crippen molar-refractivity contribution in [1.82, 2.24) is 0 Å². The Labute approximate surface area is 207 Å². The number of ether oxygens (including phenoxy) is 5. The third-order valence-electron chi connectivity index (χ3n) is 6.03. The van der Waals surface area contributed by atoms with Crippen molar-refractivity contribution < 1.29 is 63.6 Å². The second-order valence-electron chi connectivity index (χ2n) is 8.60. The van der Waals surface area contributed by atoms with E-state index in [0.717, 1.165) is 0 Å². The van der Waals surface area contributed by atoms with E-state index in [2.05, 4.69) is 12.6 Å². The highest BCUT2D eigenvalue weighted by Crippen LogP contribution is 2.35. The number of thiol groups is 1. The largest absolute Gasteiger partial charge is 0.547 e. The van der Waals surface area contributed by atoms with E-state index in [1.807, 2.05) is 0 Å². The average Bonchev–Trinajstić information content (AvgIpc) is 2.79. The van der Waals surface area contributed by atoms with Gasteiger partial charge in [0.05, 0.1) is 37.8 Å². The number of rotatable bonds is 12. The van der Waals surface area contributed by atoms with Crippen LogP contribution in [0.3, 0.4) is 0 Å². The lowest BCUT2D eigenvalue weighted by Crippen LogP contribution is -2.63. The first kappa shape index (κ1) is 29.9. The predicted octanol–water partition coefficient (Wildman–Crippen LogP) is -3.59. The number of hydrogen-bond acceptors (Lipinski definition) is 14. The summed E-state index contributed by atoms with van der Waals surface area (Å²) >= 11 is 3.96. The molecule has 2 aliphatic rings. The fourth-order valence-corrected chi connectivity index (χ4v) is 4.42. The van der Waals surface area contributed by atoms with Crippen molar-refractivity contribution >= 4 is 30.4 Å². The number of aliphatic carboxylic acids is 1. The summed E-state index contributed by atoms with van der Waals surface area (Å²) in [5, 5.41) is 52.2. The topological polar surface area (TPSA) is 201 Å². The van der Waals surface area contributed by atoms with E-state index in [4.69, 9.17) is 23.7 Å². The number of aliphatic hydroxyl groups is 4. The Morgan fingerprint density at radius 1 is 0.914 bits per heavy atom. The number of methoxy groups -OCH3 is 1. The van der Waals surface area contributed by atoms with Crippen LogP contribution in [0.2, 0.25) is 0 Å². The molecule has 2 heterocycles. The first-order valence-corrected chi connectivity index (χ1v) is 11.8. The third-order valence-corrected chi connectivity index (χ3v) is 6.25. The highest BCUT2D eigenvalue weighted by Gasteiger charge is 2.48. The first-order chi connectivity index (χ1) is 16.5. The van der Waals surface area contributed by atoms with Gasteiger partial charge in [-0.1, -0.05) is 0 Å². The van der Waals surface area contributed by atoms with Gasteiger partial charge in [0.15, 0.2) is 6.29 Å². The number of carbonyl (C=O) groups excluding carboxylic acids is 3. The quantitative estimate of drug-likeness (QED) is 0.124. The Balaban J connectivity index is 2.21. The van der Waals surface area contributed by atoms with Gasteiger partial charge in [-0.15, -0.1) is 0 Å². The van der Waals surface area contributed by atoms with E-state index < -0.39 is 72.8 Å². The Hall–Kier alpha value is -1.36. The van der Waals surface area contributed by atoms with Crippen molar-refractivity contribution in [3.8, 4) is 0 Å². The normalized spacial score (nSPS) is 37.6. The monoisotopic (exact) mass is 525 g/mol. The number of hydrogen-bond donors (Lipinski definition) is 5. The standard InChI is InChI=1S/C21H34O13S/c1-9(22)5-10-11(6-32-21-18(27)16(25)17(26)19(34-21)20(28)29)15(24)13(33-12(10)7-30-2)8-31-14(23)3-4-35/h10-13,15-19,21,24-27,35H,3-8H2,1-2H3,(H,28,29)/p-1/t10?,11-,12-,13?,15-,16+,17-,18?,19?,21+/m0/s1. The van der Waals surface area contributed by atoms with Gasteiger partial charge >= 0.3 is 5.97 Å². The molecule has 2 aliphatic heterocycles. The number of Topliss-reactive ketones (excluding diaryl/α,β-unsaturated/α-hetero) is 1. The Morgan fingerprint density at radius 2 is 1.60 bits per heavy atom. The molecule has 4 unspecified atom stereocenters. The van der Waals surface area contributed by atoms with Gasteiger partial charge in [0, 0.05) is 31.1 Å². The third kappa shape index (κ3) is 7.81. The van der Waals surface area contributed by atoms with Crippen molar-refractivity contribution in [1.29, 1.82) is 0 Å². The number of ketones is 1. The van der Waals surface area contributed by atoms with E-state index in [1.54, 1.807) is 0 Å². The van der Waals surface area contributed by atoms with Crippen LogP contribution in [0.4, 0.5) is 0 Å². The summed E-state index contributed by atoms with van der Waals surface area (Å²) in [6.45, 7) is 0.740. The lowest BCUT2D eigenvalue weighted by Gasteiger charge is -2.46. The van der Waals surface area contributed by atoms with E-state index in [9.17, 15) is 39.9 Å². The van der Waals surface area contributed by atoms with Crippen LogP contribution < -0.4 is 5.11 Å². The van der Waals surface area contributed by atoms with E-state index >= 15 is 0 Å². The molecular weight excluding hydrogens is 492 g/mol. The van der Waals surface area contributed by atoms with E-state index in [0.29, 0.717) is 0 Å². The Bertz CT molecular complexity index is 721. The SMILES string of the molecule is COC[C@@H]1OC(COC(=O)CCS)[C@@H](O)[C@@H](CO[C@@H]2OC(C(=O)[O-])[C@@H](O)[C@@H](O)C2O)C1CC(C)=O. The molecule has 35 heavy (non-hydrogen) atoms. The van der Waals surface area contributed by atoms with Crippen LogP contribution in [-0.2, 0) is 38.1 Å². The molecule has 0 aromatic heterocycles. The Morgan fingerprint density at radius 3 is 2.17 bits per heavy atom. The molecule has 2 saturated heterocycles. The molecule has 0 bridgehead atoms. The zero-order chi connectivity index (χ0) is 26.3. The smallest absolute Gasteiger partial charge is 0.306 e. The van der Waals surface area contributed by atoms with E-state index in [-0.39, 0.29) is 44.2 Å². The van der Waals surface area contributed by atoms with Crippen molar-refractivity contribution in [3.05, 3.63) is 0 Å². The molecule has 4 N–H and O–H groups in total. The lowest BCUT2D eigenvalue weighted by molar-refractivity contribution is -0.351. The van der Waals surface area contributed by atoms with Gasteiger partial charge in [-0.2, -0.15) is 12.6 Å². The van der Waals surface area contributed by atoms with Crippen LogP contribution in [0.1, 0.15) is 19.8 Å². The first-order valence-electron chi connectivity index (χ1n) is 11.1. The summed E-state index contributed by atoms with van der Waals surface area (Å²) in [5.74, 6) is -3.76. The highest BCUT2D eigenvalue weighted by atomic mass is 32.1. The summed E-state index contributed by atoms with van der Waals surface area (Å²) in [6.07, 6.45) is -12.3. The minimum Gasteiger partial charge on any atom is -0.547 e. The van der Waals surface area contributed by atoms with Crippen LogP contribution in [-0.4, -0.2) is 120 Å². The van der Waals surface area contributed by atoms with Gasteiger partial charge in [0.2, 0.25) is 0 Å². The average molecular weight is 526 g/mol. The molecule has 0 aromatic rings. The molecule has 0 aromatic carbocycles. The van der Waals surface area contributed by atoms with Gasteiger partial charge in [-0.25, -0.2) is 0 Å². The van der Waals surface area contributed by atoms with E-state index in [1.165, 1.54) is 14.0 Å². The molecule has 2 rings (SSSR count). The maximum atomic E-state index is 11.9. The molecule has 0 spiro atoms. The second kappa shape index (κ2) is 13.8. The van der Waals surface area contributed by atoms with Crippen LogP contribution >= 0.6 is 12.6 Å². The minimum absolute atomic E-state index is 0.0254. The Kier molecular flexibility index (Phi) is 11.8. The molecule has 0 radical (unpaired) electrons. The van der Waals surface area contributed by atoms with Crippen molar-refractivity contribution in [3.63, 3.8) is 0 Å². The van der Waals surface area contributed by atoms with Crippen molar-refractivity contribution in [2.45, 2.75) is 68.8 Å². The number of carboxylic acid groups (broad SMARTS) is 1. The number of aliphatic hydroxyl groups excluding tert-OH is 4. The molecule has 14 heteroatoms. The number of esters is 1. The summed E-state index contributed by atoms with van der Waals surface area (Å²) in [5.41, 5.74) is 0. The molecule has 13 nitrogen and oxygen atoms in total. The molecule has 0 saturated carbocycles. The second-order valence-corrected chi connectivity index (χ2v) is 9.05. The zero-order valence-electron chi connectivity index (χ0n) is 19.4. The molecule has 202 valence electrons. The van der Waals surface area contributed by atoms with Crippen LogP contribution in [0.15, 0.2) is 0 Å². The maximum Gasteiger partial charge on any atom is 0.306 e. The van der Waals surface area contributed by atoms with Gasteiger partial charge in [0.1, 0.15) is 42.9 Å². The molecule has 10 atom stereocenters. The van der Waals surface area contributed by atoms with Gasteiger partial charge in [-0.3, -0.25) is 4.79 Å². The number of carbonyl (C=O) groups is 3. The molecule has 0 aliphatic carbocycles. The van der Waals surface area contributed by atoms with Crippen LogP contribution in [0.5, 0.6) is 0 Å². The van der Waals surface area contributed by atoms with Crippen molar-refractivity contribution in [2.24, 2.45) is 11.8 Å².